The molecule has 1 rings (SSSR count). The number of carbonyl (C=O) groups excluding carboxylic acids is 1. The monoisotopic (exact) mass is 548 g/mol. The first kappa shape index (κ1) is 33.4. The molecule has 0 bridgehead atoms. The summed E-state index contributed by atoms with van der Waals surface area (Å²) in [5.41, 5.74) is 2.22. The van der Waals surface area contributed by atoms with Gasteiger partial charge in [-0.1, -0.05) is 84.0 Å². The molecule has 0 saturated carbocycles. The Bertz CT molecular complexity index is 816. The minimum Gasteiger partial charge on any atom is -0.398 e. The number of alkyl halides is 3. The lowest BCUT2D eigenvalue weighted by molar-refractivity contribution is -0.137. The summed E-state index contributed by atoms with van der Waals surface area (Å²) in [5, 5.41) is 12.9. The lowest BCUT2D eigenvalue weighted by atomic mass is 9.96. The normalized spacial score (nSPS) is 14.3. The van der Waals surface area contributed by atoms with E-state index in [1.54, 1.807) is 0 Å². The van der Waals surface area contributed by atoms with Gasteiger partial charge in [0.2, 0.25) is 0 Å². The van der Waals surface area contributed by atoms with Crippen LogP contribution in [0.1, 0.15) is 116 Å². The van der Waals surface area contributed by atoms with Crippen molar-refractivity contribution < 1.29 is 27.3 Å². The maximum absolute atomic E-state index is 13.0. The molecule has 1 amide bonds. The molecule has 4 N–H and O–H groups in total. The number of hydrogen-bond donors (Lipinski definition) is 3. The average molecular weight is 549 g/mol. The van der Waals surface area contributed by atoms with Crippen molar-refractivity contribution in [1.82, 2.24) is 0 Å². The van der Waals surface area contributed by atoms with Crippen molar-refractivity contribution in [3.63, 3.8) is 0 Å². The lowest BCUT2D eigenvalue weighted by Gasteiger charge is -2.22. The second-order valence-corrected chi connectivity index (χ2v) is 11.9. The summed E-state index contributed by atoms with van der Waals surface area (Å²) in [4.78, 5) is 12.4. The smallest absolute Gasteiger partial charge is 0.398 e. The SMILES string of the molecule is CCCCCCCS(=O)CCCCCCCCCCC[C@](C)(O)C(=O)Nc1ccc(N)c(C(F)(F)F)c1. The van der Waals surface area contributed by atoms with Crippen molar-refractivity contribution in [3.8, 4) is 0 Å². The molecule has 0 saturated heterocycles. The van der Waals surface area contributed by atoms with Crippen molar-refractivity contribution in [1.29, 1.82) is 0 Å². The molecule has 1 aromatic carbocycles. The van der Waals surface area contributed by atoms with Crippen LogP contribution in [-0.2, 0) is 21.8 Å². The molecule has 0 aliphatic carbocycles. The lowest BCUT2D eigenvalue weighted by Crippen LogP contribution is -2.40. The van der Waals surface area contributed by atoms with Gasteiger partial charge in [-0.3, -0.25) is 9.00 Å². The number of hydrogen-bond acceptors (Lipinski definition) is 4. The van der Waals surface area contributed by atoms with Gasteiger partial charge in [-0.25, -0.2) is 0 Å². The van der Waals surface area contributed by atoms with Gasteiger partial charge in [0.15, 0.2) is 0 Å². The number of rotatable bonds is 20. The van der Waals surface area contributed by atoms with Gasteiger partial charge in [-0.15, -0.1) is 0 Å². The number of amides is 1. The molecular weight excluding hydrogens is 501 g/mol. The van der Waals surface area contributed by atoms with E-state index in [9.17, 15) is 27.3 Å². The van der Waals surface area contributed by atoms with Crippen LogP contribution in [0.15, 0.2) is 18.2 Å². The van der Waals surface area contributed by atoms with Crippen LogP contribution in [0.25, 0.3) is 0 Å². The zero-order valence-corrected chi connectivity index (χ0v) is 23.5. The second-order valence-electron chi connectivity index (χ2n) is 10.2. The van der Waals surface area contributed by atoms with E-state index in [1.165, 1.54) is 38.7 Å². The molecular formula is C28H47F3N2O3S. The highest BCUT2D eigenvalue weighted by Crippen LogP contribution is 2.35. The summed E-state index contributed by atoms with van der Waals surface area (Å²) in [7, 11) is -0.666. The quantitative estimate of drug-likeness (QED) is 0.116. The van der Waals surface area contributed by atoms with E-state index in [1.807, 2.05) is 0 Å². The number of anilines is 2. The van der Waals surface area contributed by atoms with Gasteiger partial charge >= 0.3 is 6.18 Å². The van der Waals surface area contributed by atoms with Crippen LogP contribution >= 0.6 is 0 Å². The molecule has 0 fully saturated rings. The maximum Gasteiger partial charge on any atom is 0.418 e. The topological polar surface area (TPSA) is 92.4 Å². The van der Waals surface area contributed by atoms with E-state index in [0.717, 1.165) is 81.4 Å². The molecule has 5 nitrogen and oxygen atoms in total. The molecule has 0 heterocycles. The Balaban J connectivity index is 2.11. The largest absolute Gasteiger partial charge is 0.418 e. The van der Waals surface area contributed by atoms with Crippen molar-refractivity contribution in [2.24, 2.45) is 0 Å². The predicted molar refractivity (Wildman–Crippen MR) is 148 cm³/mol. The van der Waals surface area contributed by atoms with Gasteiger partial charge in [0.05, 0.1) is 5.56 Å². The fraction of sp³-hybridized carbons (Fsp3) is 0.750. The molecule has 0 aliphatic heterocycles. The molecule has 2 atom stereocenters. The van der Waals surface area contributed by atoms with E-state index >= 15 is 0 Å². The summed E-state index contributed by atoms with van der Waals surface area (Å²) in [6, 6.07) is 3.15. The van der Waals surface area contributed by atoms with Crippen molar-refractivity contribution in [2.75, 3.05) is 22.6 Å². The van der Waals surface area contributed by atoms with Gasteiger partial charge in [0.25, 0.3) is 5.91 Å². The van der Waals surface area contributed by atoms with Crippen LogP contribution in [0.2, 0.25) is 0 Å². The second kappa shape index (κ2) is 17.8. The van der Waals surface area contributed by atoms with Crippen LogP contribution in [0, 0.1) is 0 Å². The number of unbranched alkanes of at least 4 members (excludes halogenated alkanes) is 12. The maximum atomic E-state index is 13.0. The van der Waals surface area contributed by atoms with E-state index in [-0.39, 0.29) is 12.1 Å². The zero-order chi connectivity index (χ0) is 27.7. The zero-order valence-electron chi connectivity index (χ0n) is 22.6. The number of nitrogens with one attached hydrogen (secondary N) is 1. The third-order valence-electron chi connectivity index (χ3n) is 6.62. The molecule has 9 heteroatoms. The minimum absolute atomic E-state index is 0.0551. The molecule has 1 aromatic rings. The summed E-state index contributed by atoms with van der Waals surface area (Å²) in [5.74, 6) is 0.935. The number of halogens is 3. The Kier molecular flexibility index (Phi) is 16.1. The van der Waals surface area contributed by atoms with Gasteiger partial charge in [-0.2, -0.15) is 13.2 Å². The number of nitrogens with two attached hydrogens (primary N) is 1. The highest BCUT2D eigenvalue weighted by molar-refractivity contribution is 7.84. The third-order valence-corrected chi connectivity index (χ3v) is 8.10. The van der Waals surface area contributed by atoms with E-state index in [4.69, 9.17) is 5.73 Å². The van der Waals surface area contributed by atoms with E-state index in [2.05, 4.69) is 12.2 Å². The molecule has 37 heavy (non-hydrogen) atoms. The summed E-state index contributed by atoms with van der Waals surface area (Å²) < 4.78 is 51.0. The first-order valence-corrected chi connectivity index (χ1v) is 15.3. The Morgan fingerprint density at radius 1 is 0.892 bits per heavy atom. The van der Waals surface area contributed by atoms with Crippen molar-refractivity contribution >= 4 is 28.1 Å². The summed E-state index contributed by atoms with van der Waals surface area (Å²) in [6.45, 7) is 3.58. The van der Waals surface area contributed by atoms with Crippen LogP contribution < -0.4 is 11.1 Å². The standard InChI is InChI=1S/C28H47F3N2O3S/c1-3-4-5-12-15-20-37(36)21-16-13-10-8-6-7-9-11-14-19-27(2,35)26(34)33-23-17-18-25(32)24(22-23)28(29,30)31/h17-18,22,35H,3-16,19-21,32H2,1-2H3,(H,33,34)/t27-,37?/m0/s1. The van der Waals surface area contributed by atoms with Gasteiger partial charge in [-0.05, 0) is 44.4 Å². The van der Waals surface area contributed by atoms with Crippen LogP contribution in [0.3, 0.4) is 0 Å². The first-order valence-electron chi connectivity index (χ1n) is 13.8. The molecule has 1 unspecified atom stereocenters. The predicted octanol–water partition coefficient (Wildman–Crippen LogP) is 7.60. The fourth-order valence-electron chi connectivity index (χ4n) is 4.20. The number of aliphatic hydroxyl groups is 1. The van der Waals surface area contributed by atoms with E-state index < -0.39 is 39.7 Å². The van der Waals surface area contributed by atoms with Crippen molar-refractivity contribution in [3.05, 3.63) is 23.8 Å². The van der Waals surface area contributed by atoms with Crippen LogP contribution in [0.4, 0.5) is 24.5 Å². The number of benzene rings is 1. The van der Waals surface area contributed by atoms with Gasteiger partial charge < -0.3 is 16.2 Å². The molecule has 0 aromatic heterocycles. The third kappa shape index (κ3) is 14.8. The van der Waals surface area contributed by atoms with Crippen LogP contribution in [0.5, 0.6) is 0 Å². The van der Waals surface area contributed by atoms with Gasteiger partial charge in [0.1, 0.15) is 5.60 Å². The number of carbonyl (C=O) groups is 1. The minimum atomic E-state index is -4.62. The Labute approximate surface area is 223 Å². The Morgan fingerprint density at radius 3 is 1.89 bits per heavy atom. The van der Waals surface area contributed by atoms with E-state index in [0.29, 0.717) is 6.42 Å². The fourth-order valence-corrected chi connectivity index (χ4v) is 5.45. The average Bonchev–Trinajstić information content (AvgIpc) is 2.82. The molecule has 214 valence electrons. The van der Waals surface area contributed by atoms with Crippen LogP contribution in [-0.4, -0.2) is 32.3 Å². The van der Waals surface area contributed by atoms with Crippen molar-refractivity contribution in [2.45, 2.75) is 122 Å². The molecule has 0 spiro atoms. The molecule has 0 aliphatic rings. The summed E-state index contributed by atoms with van der Waals surface area (Å²) in [6.07, 6.45) is 10.9. The highest BCUT2D eigenvalue weighted by atomic mass is 32.2. The number of nitrogen functional groups attached to an aromatic ring is 1. The Hall–Kier alpha value is -1.61. The summed E-state index contributed by atoms with van der Waals surface area (Å²) >= 11 is 0. The Morgan fingerprint density at radius 2 is 1.38 bits per heavy atom. The highest BCUT2D eigenvalue weighted by Gasteiger charge is 2.34. The van der Waals surface area contributed by atoms with Gasteiger partial charge in [0, 0.05) is 33.7 Å². The first-order chi connectivity index (χ1) is 17.5. The molecule has 0 radical (unpaired) electrons.